The zero-order valence-electron chi connectivity index (χ0n) is 15.0. The van der Waals surface area contributed by atoms with E-state index in [1.165, 1.54) is 6.39 Å². The van der Waals surface area contributed by atoms with E-state index in [1.807, 2.05) is 24.3 Å². The SMILES string of the molecule is Cc1[nH]c2ccccc2c1C(=O)[C@@H](C#N)C(=O)c1ccc(-c2cnco2)cc1. The van der Waals surface area contributed by atoms with Crippen LogP contribution in [0.3, 0.4) is 0 Å². The first kappa shape index (κ1) is 17.4. The predicted octanol–water partition coefficient (Wildman–Crippen LogP) is 4.34. The number of para-hydroxylation sites is 1. The number of nitrogens with zero attached hydrogens (tertiary/aromatic N) is 2. The fraction of sp³-hybridized carbons (Fsp3) is 0.0909. The molecule has 0 bridgehead atoms. The van der Waals surface area contributed by atoms with Crippen LogP contribution in [-0.4, -0.2) is 21.5 Å². The van der Waals surface area contributed by atoms with Crippen LogP contribution in [-0.2, 0) is 0 Å². The molecule has 2 aromatic carbocycles. The topological polar surface area (TPSA) is 99.8 Å². The number of Topliss-reactive ketones (excluding diaryl/α,β-unsaturated/α-hetero) is 2. The number of rotatable bonds is 5. The molecule has 0 unspecified atom stereocenters. The van der Waals surface area contributed by atoms with Gasteiger partial charge >= 0.3 is 0 Å². The molecule has 0 saturated carbocycles. The summed E-state index contributed by atoms with van der Waals surface area (Å²) in [5, 5.41) is 10.3. The molecule has 0 spiro atoms. The van der Waals surface area contributed by atoms with Crippen LogP contribution in [0.5, 0.6) is 0 Å². The first-order valence-electron chi connectivity index (χ1n) is 8.64. The summed E-state index contributed by atoms with van der Waals surface area (Å²) in [6, 6.07) is 15.8. The van der Waals surface area contributed by atoms with Gasteiger partial charge in [0.05, 0.1) is 12.3 Å². The lowest BCUT2D eigenvalue weighted by molar-refractivity contribution is 0.0846. The third-order valence-electron chi connectivity index (χ3n) is 4.68. The Hall–Kier alpha value is -3.98. The van der Waals surface area contributed by atoms with Gasteiger partial charge in [-0.15, -0.1) is 0 Å². The van der Waals surface area contributed by atoms with Gasteiger partial charge < -0.3 is 9.40 Å². The number of aromatic amines is 1. The number of nitriles is 1. The molecular formula is C22H15N3O3. The van der Waals surface area contributed by atoms with Gasteiger partial charge in [0.2, 0.25) is 0 Å². The van der Waals surface area contributed by atoms with Crippen molar-refractivity contribution in [2.24, 2.45) is 5.92 Å². The molecule has 0 aliphatic rings. The molecule has 4 aromatic rings. The van der Waals surface area contributed by atoms with E-state index < -0.39 is 17.5 Å². The van der Waals surface area contributed by atoms with Crippen molar-refractivity contribution < 1.29 is 14.0 Å². The summed E-state index contributed by atoms with van der Waals surface area (Å²) in [6.45, 7) is 1.76. The molecule has 2 heterocycles. The van der Waals surface area contributed by atoms with Crippen molar-refractivity contribution in [2.45, 2.75) is 6.92 Å². The average molecular weight is 369 g/mol. The highest BCUT2D eigenvalue weighted by Gasteiger charge is 2.31. The van der Waals surface area contributed by atoms with Gasteiger partial charge in [-0.25, -0.2) is 4.98 Å². The summed E-state index contributed by atoms with van der Waals surface area (Å²) in [5.41, 5.74) is 2.86. The number of hydrogen-bond acceptors (Lipinski definition) is 5. The second kappa shape index (κ2) is 6.97. The molecule has 4 rings (SSSR count). The van der Waals surface area contributed by atoms with E-state index >= 15 is 0 Å². The number of nitrogens with one attached hydrogen (secondary N) is 1. The number of benzene rings is 2. The molecule has 6 nitrogen and oxygen atoms in total. The lowest BCUT2D eigenvalue weighted by Crippen LogP contribution is -2.23. The largest absolute Gasteiger partial charge is 0.444 e. The number of carbonyl (C=O) groups excluding carboxylic acids is 2. The van der Waals surface area contributed by atoms with Gasteiger partial charge in [0, 0.05) is 33.3 Å². The Morgan fingerprint density at radius 3 is 2.54 bits per heavy atom. The van der Waals surface area contributed by atoms with Gasteiger partial charge in [0.1, 0.15) is 0 Å². The van der Waals surface area contributed by atoms with Gasteiger partial charge in [0.15, 0.2) is 29.6 Å². The molecule has 28 heavy (non-hydrogen) atoms. The van der Waals surface area contributed by atoms with Crippen LogP contribution in [0.4, 0.5) is 0 Å². The Kier molecular flexibility index (Phi) is 4.34. The zero-order valence-corrected chi connectivity index (χ0v) is 15.0. The molecule has 1 N–H and O–H groups in total. The molecule has 136 valence electrons. The van der Waals surface area contributed by atoms with Crippen LogP contribution in [0.1, 0.15) is 26.4 Å². The van der Waals surface area contributed by atoms with E-state index in [2.05, 4.69) is 9.97 Å². The zero-order chi connectivity index (χ0) is 19.7. The van der Waals surface area contributed by atoms with Crippen LogP contribution in [0.15, 0.2) is 65.5 Å². The molecule has 0 aliphatic carbocycles. The van der Waals surface area contributed by atoms with Crippen molar-refractivity contribution in [1.29, 1.82) is 5.26 Å². The molecule has 0 radical (unpaired) electrons. The third-order valence-corrected chi connectivity index (χ3v) is 4.68. The number of oxazole rings is 1. The van der Waals surface area contributed by atoms with E-state index in [4.69, 9.17) is 4.42 Å². The van der Waals surface area contributed by atoms with Crippen LogP contribution in [0.2, 0.25) is 0 Å². The average Bonchev–Trinajstić information content (AvgIpc) is 3.35. The fourth-order valence-electron chi connectivity index (χ4n) is 3.30. The fourth-order valence-corrected chi connectivity index (χ4v) is 3.30. The molecule has 1 atom stereocenters. The van der Waals surface area contributed by atoms with Crippen molar-refractivity contribution in [2.75, 3.05) is 0 Å². The van der Waals surface area contributed by atoms with Crippen molar-refractivity contribution >= 4 is 22.5 Å². The number of fused-ring (bicyclic) bond motifs is 1. The third kappa shape index (κ3) is 2.89. The smallest absolute Gasteiger partial charge is 0.190 e. The minimum Gasteiger partial charge on any atom is -0.444 e. The highest BCUT2D eigenvalue weighted by atomic mass is 16.3. The summed E-state index contributed by atoms with van der Waals surface area (Å²) in [5.74, 6) is -1.86. The molecular weight excluding hydrogens is 354 g/mol. The molecule has 0 fully saturated rings. The Balaban J connectivity index is 1.66. The van der Waals surface area contributed by atoms with Gasteiger partial charge in [-0.2, -0.15) is 5.26 Å². The van der Waals surface area contributed by atoms with Crippen molar-refractivity contribution in [3.05, 3.63) is 77.9 Å². The highest BCUT2D eigenvalue weighted by Crippen LogP contribution is 2.26. The maximum absolute atomic E-state index is 13.1. The molecule has 0 saturated heterocycles. The standard InChI is InChI=1S/C22H15N3O3/c1-13-20(16-4-2-3-5-18(16)25-13)22(27)17(10-23)21(26)15-8-6-14(7-9-15)19-11-24-12-28-19/h2-9,11-12,17,25H,1H3/t17-/m0/s1. The maximum Gasteiger partial charge on any atom is 0.190 e. The van der Waals surface area contributed by atoms with Crippen molar-refractivity contribution in [3.63, 3.8) is 0 Å². The lowest BCUT2D eigenvalue weighted by atomic mass is 9.89. The second-order valence-electron chi connectivity index (χ2n) is 6.40. The normalized spacial score (nSPS) is 11.9. The number of ketones is 2. The number of carbonyl (C=O) groups is 2. The van der Waals surface area contributed by atoms with E-state index in [-0.39, 0.29) is 0 Å². The Bertz CT molecular complexity index is 1210. The predicted molar refractivity (Wildman–Crippen MR) is 103 cm³/mol. The van der Waals surface area contributed by atoms with Gasteiger partial charge in [-0.3, -0.25) is 9.59 Å². The lowest BCUT2D eigenvalue weighted by Gasteiger charge is -2.08. The summed E-state index contributed by atoms with van der Waals surface area (Å²) >= 11 is 0. The Morgan fingerprint density at radius 1 is 1.11 bits per heavy atom. The molecule has 0 amide bonds. The van der Waals surface area contributed by atoms with Crippen LogP contribution in [0, 0.1) is 24.2 Å². The summed E-state index contributed by atoms with van der Waals surface area (Å²) in [7, 11) is 0. The second-order valence-corrected chi connectivity index (χ2v) is 6.40. The first-order chi connectivity index (χ1) is 13.6. The first-order valence-corrected chi connectivity index (χ1v) is 8.64. The van der Waals surface area contributed by atoms with Crippen molar-refractivity contribution in [3.8, 4) is 17.4 Å². The number of hydrogen-bond donors (Lipinski definition) is 1. The number of aryl methyl sites for hydroxylation is 1. The maximum atomic E-state index is 13.1. The summed E-state index contributed by atoms with van der Waals surface area (Å²) < 4.78 is 5.22. The van der Waals surface area contributed by atoms with Gasteiger partial charge in [-0.1, -0.05) is 42.5 Å². The Labute approximate surface area is 160 Å². The van der Waals surface area contributed by atoms with Gasteiger partial charge in [-0.05, 0) is 13.0 Å². The van der Waals surface area contributed by atoms with Gasteiger partial charge in [0.25, 0.3) is 0 Å². The highest BCUT2D eigenvalue weighted by molar-refractivity contribution is 6.22. The monoisotopic (exact) mass is 369 g/mol. The Morgan fingerprint density at radius 2 is 1.86 bits per heavy atom. The molecule has 0 aliphatic heterocycles. The minimum atomic E-state index is -1.41. The van der Waals surface area contributed by atoms with Crippen molar-refractivity contribution in [1.82, 2.24) is 9.97 Å². The van der Waals surface area contributed by atoms with E-state index in [0.717, 1.165) is 11.1 Å². The number of H-pyrrole nitrogens is 1. The quantitative estimate of drug-likeness (QED) is 0.417. The van der Waals surface area contributed by atoms with E-state index in [0.29, 0.717) is 28.0 Å². The van der Waals surface area contributed by atoms with E-state index in [9.17, 15) is 14.9 Å². The molecule has 6 heteroatoms. The molecule has 2 aromatic heterocycles. The van der Waals surface area contributed by atoms with Crippen LogP contribution in [0.25, 0.3) is 22.2 Å². The van der Waals surface area contributed by atoms with E-state index in [1.54, 1.807) is 43.5 Å². The summed E-state index contributed by atoms with van der Waals surface area (Å²) in [4.78, 5) is 32.9. The van der Waals surface area contributed by atoms with Crippen LogP contribution < -0.4 is 0 Å². The summed E-state index contributed by atoms with van der Waals surface area (Å²) in [6.07, 6.45) is 2.89. The van der Waals surface area contributed by atoms with Crippen LogP contribution >= 0.6 is 0 Å². The number of aromatic nitrogens is 2. The minimum absolute atomic E-state index is 0.292.